The lowest BCUT2D eigenvalue weighted by Crippen LogP contribution is -2.33. The third kappa shape index (κ3) is 3.63. The summed E-state index contributed by atoms with van der Waals surface area (Å²) < 4.78 is 6.84. The predicted molar refractivity (Wildman–Crippen MR) is 159 cm³/mol. The molecular formula is C35H28NOP. The second kappa shape index (κ2) is 9.39. The van der Waals surface area contributed by atoms with Crippen LogP contribution < -0.4 is 15.9 Å². The van der Waals surface area contributed by atoms with Crippen LogP contribution in [-0.4, -0.2) is 11.9 Å². The van der Waals surface area contributed by atoms with Crippen LogP contribution in [0.5, 0.6) is 0 Å². The molecule has 0 spiro atoms. The molecule has 1 aliphatic heterocycles. The van der Waals surface area contributed by atoms with Crippen molar-refractivity contribution in [2.24, 2.45) is 4.99 Å². The van der Waals surface area contributed by atoms with E-state index in [-0.39, 0.29) is 17.6 Å². The Balaban J connectivity index is 1.38. The molecule has 0 N–H and O–H groups in total. The Labute approximate surface area is 225 Å². The second-order valence-corrected chi connectivity index (χ2v) is 12.3. The maximum atomic E-state index is 6.84. The third-order valence-corrected chi connectivity index (χ3v) is 10.5. The lowest BCUT2D eigenvalue weighted by Gasteiger charge is -2.30. The summed E-state index contributed by atoms with van der Waals surface area (Å²) in [5, 5.41) is 3.91. The molecule has 7 rings (SSSR count). The molecule has 5 aromatic carbocycles. The zero-order chi connectivity index (χ0) is 25.5. The van der Waals surface area contributed by atoms with Crippen molar-refractivity contribution >= 4 is 29.7 Å². The maximum Gasteiger partial charge on any atom is 0.217 e. The van der Waals surface area contributed by atoms with Crippen LogP contribution in [-0.2, 0) is 10.2 Å². The van der Waals surface area contributed by atoms with Crippen molar-refractivity contribution in [1.82, 2.24) is 0 Å². The van der Waals surface area contributed by atoms with Gasteiger partial charge in [0, 0.05) is 11.0 Å². The number of hydrogen-bond acceptors (Lipinski definition) is 2. The van der Waals surface area contributed by atoms with Crippen molar-refractivity contribution in [3.8, 4) is 0 Å². The number of fused-ring (bicyclic) bond motifs is 3. The van der Waals surface area contributed by atoms with Crippen LogP contribution in [0.1, 0.15) is 35.3 Å². The monoisotopic (exact) mass is 509 g/mol. The van der Waals surface area contributed by atoms with Crippen LogP contribution in [0.4, 0.5) is 0 Å². The summed E-state index contributed by atoms with van der Waals surface area (Å²) in [5.41, 5.74) is 4.66. The Morgan fingerprint density at radius 2 is 1.18 bits per heavy atom. The van der Waals surface area contributed by atoms with Gasteiger partial charge in [-0.1, -0.05) is 133 Å². The molecule has 1 aliphatic carbocycles. The summed E-state index contributed by atoms with van der Waals surface area (Å²) in [6, 6.07) is 49.8. The standard InChI is InChI=1S/C35H28NOP/c1-35(25-15-5-2-6-16-25)30-23-13-11-21-28(30)32-33(35)36-34(37-32)29-22-12-14-24-31(29)38(26-17-7-3-8-18-26)27-19-9-4-10-20-27/h2-24,32-33H,1H3/t32-,33-,35+/m1/s1. The summed E-state index contributed by atoms with van der Waals surface area (Å²) in [6.45, 7) is 2.33. The van der Waals surface area contributed by atoms with Crippen molar-refractivity contribution < 1.29 is 4.74 Å². The Hall–Kier alpha value is -4.00. The summed E-state index contributed by atoms with van der Waals surface area (Å²) in [7, 11) is -0.779. The number of hydrogen-bond donors (Lipinski definition) is 0. The fourth-order valence-electron chi connectivity index (χ4n) is 6.13. The molecule has 0 fully saturated rings. The lowest BCUT2D eigenvalue weighted by molar-refractivity contribution is 0.190. The topological polar surface area (TPSA) is 21.6 Å². The van der Waals surface area contributed by atoms with Crippen LogP contribution in [0, 0.1) is 0 Å². The quantitative estimate of drug-likeness (QED) is 0.243. The fraction of sp³-hybridized carbons (Fsp3) is 0.114. The molecule has 0 amide bonds. The number of ether oxygens (including phenoxy) is 1. The molecule has 38 heavy (non-hydrogen) atoms. The van der Waals surface area contributed by atoms with Crippen LogP contribution in [0.2, 0.25) is 0 Å². The largest absolute Gasteiger partial charge is 0.467 e. The Morgan fingerprint density at radius 1 is 0.632 bits per heavy atom. The van der Waals surface area contributed by atoms with Gasteiger partial charge >= 0.3 is 0 Å². The maximum absolute atomic E-state index is 6.84. The van der Waals surface area contributed by atoms with Gasteiger partial charge < -0.3 is 4.74 Å². The van der Waals surface area contributed by atoms with Gasteiger partial charge in [-0.05, 0) is 53.5 Å². The van der Waals surface area contributed by atoms with E-state index in [0.717, 1.165) is 11.5 Å². The number of nitrogens with zero attached hydrogens (tertiary/aromatic N) is 1. The molecule has 184 valence electrons. The molecule has 2 nitrogen and oxygen atoms in total. The van der Waals surface area contributed by atoms with E-state index in [1.165, 1.54) is 32.6 Å². The predicted octanol–water partition coefficient (Wildman–Crippen LogP) is 6.65. The van der Waals surface area contributed by atoms with Gasteiger partial charge in [0.05, 0.1) is 0 Å². The van der Waals surface area contributed by atoms with Crippen molar-refractivity contribution in [2.75, 3.05) is 0 Å². The van der Waals surface area contributed by atoms with Gasteiger partial charge in [0.1, 0.15) is 12.1 Å². The van der Waals surface area contributed by atoms with E-state index in [1.807, 2.05) is 0 Å². The van der Waals surface area contributed by atoms with Crippen molar-refractivity contribution in [2.45, 2.75) is 24.5 Å². The molecule has 0 radical (unpaired) electrons. The molecule has 0 unspecified atom stereocenters. The van der Waals surface area contributed by atoms with Gasteiger partial charge in [0.25, 0.3) is 0 Å². The average molecular weight is 510 g/mol. The number of benzene rings is 5. The first kappa shape index (κ1) is 23.1. The number of rotatable bonds is 5. The van der Waals surface area contributed by atoms with Crippen molar-refractivity contribution in [3.05, 3.63) is 162 Å². The average Bonchev–Trinajstić information content (AvgIpc) is 3.53. The molecule has 1 heterocycles. The highest BCUT2D eigenvalue weighted by molar-refractivity contribution is 7.80. The zero-order valence-corrected chi connectivity index (χ0v) is 22.1. The molecule has 0 bridgehead atoms. The van der Waals surface area contributed by atoms with E-state index < -0.39 is 7.92 Å². The van der Waals surface area contributed by atoms with Crippen molar-refractivity contribution in [3.63, 3.8) is 0 Å². The van der Waals surface area contributed by atoms with Crippen LogP contribution in [0.25, 0.3) is 0 Å². The van der Waals surface area contributed by atoms with E-state index in [9.17, 15) is 0 Å². The van der Waals surface area contributed by atoms with Gasteiger partial charge in [-0.3, -0.25) is 0 Å². The van der Waals surface area contributed by atoms with E-state index in [4.69, 9.17) is 9.73 Å². The molecule has 3 heteroatoms. The minimum atomic E-state index is -0.779. The first-order valence-electron chi connectivity index (χ1n) is 13.1. The summed E-state index contributed by atoms with van der Waals surface area (Å²) >= 11 is 0. The van der Waals surface area contributed by atoms with Gasteiger partial charge in [-0.15, -0.1) is 0 Å². The van der Waals surface area contributed by atoms with Gasteiger partial charge in [0.2, 0.25) is 5.90 Å². The van der Waals surface area contributed by atoms with Crippen LogP contribution in [0.3, 0.4) is 0 Å². The first-order chi connectivity index (χ1) is 18.7. The summed E-state index contributed by atoms with van der Waals surface area (Å²) in [4.78, 5) is 5.40. The van der Waals surface area contributed by atoms with Crippen LogP contribution in [0.15, 0.2) is 145 Å². The minimum Gasteiger partial charge on any atom is -0.467 e. The molecule has 0 aromatic heterocycles. The van der Waals surface area contributed by atoms with E-state index in [2.05, 4.69) is 146 Å². The Bertz CT molecular complexity index is 1580. The molecular weight excluding hydrogens is 481 g/mol. The third-order valence-electron chi connectivity index (χ3n) is 7.98. The van der Waals surface area contributed by atoms with Crippen molar-refractivity contribution in [1.29, 1.82) is 0 Å². The highest BCUT2D eigenvalue weighted by Gasteiger charge is 2.54. The fourth-order valence-corrected chi connectivity index (χ4v) is 8.57. The normalized spacial score (nSPS) is 21.5. The molecule has 3 atom stereocenters. The van der Waals surface area contributed by atoms with Gasteiger partial charge in [-0.25, -0.2) is 4.99 Å². The highest BCUT2D eigenvalue weighted by atomic mass is 31.1. The SMILES string of the molecule is C[C@]1(c2ccccc2)c2ccccc2[C@H]2OC(c3ccccc3P(c3ccccc3)c3ccccc3)=N[C@H]21. The van der Waals surface area contributed by atoms with Crippen LogP contribution >= 0.6 is 7.92 Å². The summed E-state index contributed by atoms with van der Waals surface area (Å²) in [5.74, 6) is 0.756. The molecule has 0 saturated heterocycles. The molecule has 5 aromatic rings. The Kier molecular flexibility index (Phi) is 5.72. The Morgan fingerprint density at radius 3 is 1.87 bits per heavy atom. The summed E-state index contributed by atoms with van der Waals surface area (Å²) in [6.07, 6.45) is -0.0980. The molecule has 2 aliphatic rings. The smallest absolute Gasteiger partial charge is 0.217 e. The minimum absolute atomic E-state index is 0.0231. The lowest BCUT2D eigenvalue weighted by atomic mass is 9.74. The molecule has 0 saturated carbocycles. The van der Waals surface area contributed by atoms with Gasteiger partial charge in [-0.2, -0.15) is 0 Å². The highest BCUT2D eigenvalue weighted by Crippen LogP contribution is 2.54. The van der Waals surface area contributed by atoms with E-state index in [0.29, 0.717) is 0 Å². The van der Waals surface area contributed by atoms with E-state index >= 15 is 0 Å². The zero-order valence-electron chi connectivity index (χ0n) is 21.2. The van der Waals surface area contributed by atoms with Gasteiger partial charge in [0.15, 0.2) is 0 Å². The number of aliphatic imine (C=N–C) groups is 1. The second-order valence-electron chi connectivity index (χ2n) is 10.1. The first-order valence-corrected chi connectivity index (χ1v) is 14.5. The van der Waals surface area contributed by atoms with E-state index in [1.54, 1.807) is 0 Å².